The normalized spacial score (nSPS) is 24.6. The Hall–Kier alpha value is -3.20. The third kappa shape index (κ3) is 6.44. The molecule has 2 aliphatic carbocycles. The van der Waals surface area contributed by atoms with E-state index in [-0.39, 0.29) is 49.1 Å². The second kappa shape index (κ2) is 13.3. The number of hydrogen-bond donors (Lipinski definition) is 1. The molecule has 7 nitrogen and oxygen atoms in total. The van der Waals surface area contributed by atoms with Crippen LogP contribution in [0.3, 0.4) is 0 Å². The number of alkyl halides is 6. The van der Waals surface area contributed by atoms with Crippen molar-refractivity contribution in [3.8, 4) is 0 Å². The quantitative estimate of drug-likeness (QED) is 0.220. The van der Waals surface area contributed by atoms with Crippen molar-refractivity contribution in [2.45, 2.75) is 85.4 Å². The van der Waals surface area contributed by atoms with E-state index in [1.54, 1.807) is 0 Å². The molecule has 0 bridgehead atoms. The lowest BCUT2D eigenvalue weighted by Gasteiger charge is -2.38. The summed E-state index contributed by atoms with van der Waals surface area (Å²) in [6.07, 6.45) is -8.85. The number of carboxylic acids is 1. The number of sulfone groups is 1. The molecule has 1 saturated heterocycles. The summed E-state index contributed by atoms with van der Waals surface area (Å²) < 4.78 is 132. The van der Waals surface area contributed by atoms with E-state index in [4.69, 9.17) is 4.74 Å². The number of nitrogens with zero attached hydrogens (tertiary/aromatic N) is 1. The van der Waals surface area contributed by atoms with Gasteiger partial charge in [0.05, 0.1) is 17.4 Å². The maximum atomic E-state index is 14.5. The van der Waals surface area contributed by atoms with Crippen LogP contribution >= 0.6 is 0 Å². The molecule has 1 amide bonds. The Bertz CT molecular complexity index is 1570. The van der Waals surface area contributed by atoms with Gasteiger partial charge in [0.1, 0.15) is 10.6 Å². The van der Waals surface area contributed by atoms with Crippen LogP contribution in [0, 0.1) is 23.6 Å². The summed E-state index contributed by atoms with van der Waals surface area (Å²) in [6.45, 7) is -1.33. The number of amides is 1. The van der Waals surface area contributed by atoms with E-state index in [1.165, 1.54) is 4.90 Å². The van der Waals surface area contributed by atoms with Gasteiger partial charge < -0.3 is 14.7 Å². The van der Waals surface area contributed by atoms with Crippen LogP contribution in [-0.4, -0.2) is 62.3 Å². The number of benzene rings is 2. The van der Waals surface area contributed by atoms with Crippen molar-refractivity contribution < 1.29 is 58.6 Å². The molecule has 0 radical (unpaired) electrons. The molecule has 48 heavy (non-hydrogen) atoms. The van der Waals surface area contributed by atoms with Crippen LogP contribution in [0.25, 0.3) is 0 Å². The summed E-state index contributed by atoms with van der Waals surface area (Å²) in [6, 6.07) is 6.77. The summed E-state index contributed by atoms with van der Waals surface area (Å²) in [4.78, 5) is 25.9. The highest BCUT2D eigenvalue weighted by Gasteiger charge is 2.73. The minimum Gasteiger partial charge on any atom is -0.481 e. The van der Waals surface area contributed by atoms with Crippen LogP contribution in [0.1, 0.15) is 68.9 Å². The molecule has 15 heteroatoms. The molecule has 3 aliphatic rings. The van der Waals surface area contributed by atoms with E-state index in [0.717, 1.165) is 36.4 Å². The number of hydrogen-bond acceptors (Lipinski definition) is 5. The zero-order valence-electron chi connectivity index (χ0n) is 25.8. The number of carboxylic acid groups (broad SMARTS) is 1. The maximum absolute atomic E-state index is 14.5. The molecule has 0 spiro atoms. The first-order valence-corrected chi connectivity index (χ1v) is 17.3. The van der Waals surface area contributed by atoms with Gasteiger partial charge in [-0.3, -0.25) is 9.59 Å². The smallest absolute Gasteiger partial charge is 0.430 e. The van der Waals surface area contributed by atoms with Crippen LogP contribution in [0.15, 0.2) is 53.4 Å². The van der Waals surface area contributed by atoms with Gasteiger partial charge in [-0.25, -0.2) is 12.8 Å². The third-order valence-electron chi connectivity index (χ3n) is 10.2. The summed E-state index contributed by atoms with van der Waals surface area (Å²) in [7, 11) is -4.53. The van der Waals surface area contributed by atoms with Gasteiger partial charge in [0.15, 0.2) is 9.84 Å². The summed E-state index contributed by atoms with van der Waals surface area (Å²) in [5.41, 5.74) is -6.08. The Morgan fingerprint density at radius 2 is 1.38 bits per heavy atom. The zero-order valence-corrected chi connectivity index (χ0v) is 26.6. The van der Waals surface area contributed by atoms with Crippen molar-refractivity contribution >= 4 is 21.7 Å². The van der Waals surface area contributed by atoms with Crippen LogP contribution in [0.2, 0.25) is 0 Å². The summed E-state index contributed by atoms with van der Waals surface area (Å²) in [5, 5.41) is 9.30. The van der Waals surface area contributed by atoms with E-state index < -0.39 is 86.7 Å². The Balaban J connectivity index is 1.53. The van der Waals surface area contributed by atoms with Gasteiger partial charge in [-0.2, -0.15) is 26.3 Å². The van der Waals surface area contributed by atoms with E-state index in [0.29, 0.717) is 37.8 Å². The second-order valence-corrected chi connectivity index (χ2v) is 15.3. The highest BCUT2D eigenvalue weighted by Crippen LogP contribution is 2.54. The molecule has 2 aromatic carbocycles. The molecular formula is C33H36F7NO6S. The summed E-state index contributed by atoms with van der Waals surface area (Å²) in [5.74, 6) is -3.78. The monoisotopic (exact) mass is 707 g/mol. The molecule has 5 rings (SSSR count). The standard InChI is InChI=1S/C33H36F7NO6S/c34-26-13-15-27(16-14-26)48(45,46)30(17-18-41(20-30)28(42)22-5-7-23(8-6-22)29(43)44)24-9-11-25(12-10-24)31(32(35,36)37,33(38,39)40)47-19-21-3-1-2-4-21/h9-16,21-23H,1-8,17-20H2,(H,43,44). The topological polar surface area (TPSA) is 101 Å². The minimum absolute atomic E-state index is 0.0978. The van der Waals surface area contributed by atoms with Gasteiger partial charge in [0.2, 0.25) is 5.91 Å². The molecule has 1 atom stereocenters. The minimum atomic E-state index is -5.92. The first kappa shape index (κ1) is 36.1. The number of ether oxygens (including phenoxy) is 1. The molecule has 2 aromatic rings. The van der Waals surface area contributed by atoms with Crippen molar-refractivity contribution in [1.29, 1.82) is 0 Å². The van der Waals surface area contributed by atoms with Crippen molar-refractivity contribution in [2.75, 3.05) is 19.7 Å². The Morgan fingerprint density at radius 1 is 0.833 bits per heavy atom. The third-order valence-corrected chi connectivity index (χ3v) is 12.7. The number of rotatable bonds is 9. The molecule has 0 aromatic heterocycles. The van der Waals surface area contributed by atoms with Crippen molar-refractivity contribution in [1.82, 2.24) is 4.90 Å². The van der Waals surface area contributed by atoms with Crippen LogP contribution in [0.5, 0.6) is 0 Å². The predicted molar refractivity (Wildman–Crippen MR) is 158 cm³/mol. The fourth-order valence-corrected chi connectivity index (χ4v) is 9.51. The molecular weight excluding hydrogens is 671 g/mol. The van der Waals surface area contributed by atoms with Gasteiger partial charge in [-0.15, -0.1) is 0 Å². The fourth-order valence-electron chi connectivity index (χ4n) is 7.43. The largest absolute Gasteiger partial charge is 0.481 e. The molecule has 264 valence electrons. The maximum Gasteiger partial charge on any atom is 0.430 e. The van der Waals surface area contributed by atoms with Gasteiger partial charge in [0, 0.05) is 24.6 Å². The summed E-state index contributed by atoms with van der Waals surface area (Å²) >= 11 is 0. The molecule has 1 aliphatic heterocycles. The predicted octanol–water partition coefficient (Wildman–Crippen LogP) is 7.14. The number of halogens is 7. The highest BCUT2D eigenvalue weighted by atomic mass is 32.2. The average Bonchev–Trinajstić information content (AvgIpc) is 3.72. The van der Waals surface area contributed by atoms with Gasteiger partial charge in [-0.05, 0) is 80.7 Å². The number of aliphatic carboxylic acids is 1. The first-order chi connectivity index (χ1) is 22.4. The van der Waals surface area contributed by atoms with Gasteiger partial charge >= 0.3 is 18.3 Å². The lowest BCUT2D eigenvalue weighted by molar-refractivity contribution is -0.391. The van der Waals surface area contributed by atoms with Crippen molar-refractivity contribution in [2.24, 2.45) is 17.8 Å². The molecule has 1 unspecified atom stereocenters. The zero-order chi connectivity index (χ0) is 35.1. The number of likely N-dealkylation sites (tertiary alicyclic amines) is 1. The van der Waals surface area contributed by atoms with E-state index in [9.17, 15) is 53.8 Å². The number of carbonyl (C=O) groups excluding carboxylic acids is 1. The highest BCUT2D eigenvalue weighted by molar-refractivity contribution is 7.92. The van der Waals surface area contributed by atoms with E-state index >= 15 is 0 Å². The molecule has 3 fully saturated rings. The van der Waals surface area contributed by atoms with Crippen LogP contribution < -0.4 is 0 Å². The number of carbonyl (C=O) groups is 2. The lowest BCUT2D eigenvalue weighted by Crippen LogP contribution is -2.56. The SMILES string of the molecule is O=C(O)C1CCC(C(=O)N2CCC(c3ccc(C(OCC4CCCC4)(C(F)(F)F)C(F)(F)F)cc3)(S(=O)(=O)c3ccc(F)cc3)C2)CC1. The van der Waals surface area contributed by atoms with Crippen molar-refractivity contribution in [3.63, 3.8) is 0 Å². The molecule has 1 heterocycles. The van der Waals surface area contributed by atoms with E-state index in [2.05, 4.69) is 0 Å². The van der Waals surface area contributed by atoms with Crippen LogP contribution in [0.4, 0.5) is 30.7 Å². The van der Waals surface area contributed by atoms with Gasteiger partial charge in [0.25, 0.3) is 5.60 Å². The Kier molecular flexibility index (Phi) is 9.97. The average molecular weight is 708 g/mol. The van der Waals surface area contributed by atoms with Gasteiger partial charge in [-0.1, -0.05) is 37.1 Å². The molecule has 2 saturated carbocycles. The van der Waals surface area contributed by atoms with E-state index in [1.807, 2.05) is 0 Å². The lowest BCUT2D eigenvalue weighted by atomic mass is 9.81. The Labute approximate surface area is 273 Å². The second-order valence-electron chi connectivity index (χ2n) is 13.1. The fraction of sp³-hybridized carbons (Fsp3) is 0.576. The molecule has 1 N–H and O–H groups in total. The first-order valence-electron chi connectivity index (χ1n) is 15.8. The van der Waals surface area contributed by atoms with Crippen molar-refractivity contribution in [3.05, 3.63) is 65.5 Å². The van der Waals surface area contributed by atoms with Crippen LogP contribution in [-0.2, 0) is 34.5 Å². The Morgan fingerprint density at radius 3 is 1.90 bits per heavy atom.